The summed E-state index contributed by atoms with van der Waals surface area (Å²) < 4.78 is 28.5. The first kappa shape index (κ1) is 22.0. The summed E-state index contributed by atoms with van der Waals surface area (Å²) in [4.78, 5) is 4.88. The second-order valence-corrected chi connectivity index (χ2v) is 10.5. The zero-order valence-electron chi connectivity index (χ0n) is 19.2. The summed E-state index contributed by atoms with van der Waals surface area (Å²) in [5, 5.41) is 12.3. The average Bonchev–Trinajstić information content (AvgIpc) is 3.30. The van der Waals surface area contributed by atoms with E-state index in [0.29, 0.717) is 11.7 Å². The van der Waals surface area contributed by atoms with Gasteiger partial charge in [0, 0.05) is 11.4 Å². The Labute approximate surface area is 198 Å². The summed E-state index contributed by atoms with van der Waals surface area (Å²) in [6, 6.07) is 24.5. The van der Waals surface area contributed by atoms with Crippen molar-refractivity contribution in [1.82, 2.24) is 19.8 Å². The molecule has 5 rings (SSSR count). The minimum absolute atomic E-state index is 0.0425. The van der Waals surface area contributed by atoms with Crippen LogP contribution in [0.3, 0.4) is 0 Å². The molecule has 172 valence electrons. The van der Waals surface area contributed by atoms with Crippen LogP contribution in [0.5, 0.6) is 0 Å². The molecule has 3 aromatic carbocycles. The highest BCUT2D eigenvalue weighted by Crippen LogP contribution is 2.30. The highest BCUT2D eigenvalue weighted by Gasteiger charge is 2.27. The van der Waals surface area contributed by atoms with Gasteiger partial charge in [0.2, 0.25) is 14.9 Å². The Morgan fingerprint density at radius 3 is 2.21 bits per heavy atom. The van der Waals surface area contributed by atoms with Crippen molar-refractivity contribution in [3.05, 3.63) is 90.0 Å². The third kappa shape index (κ3) is 3.80. The van der Waals surface area contributed by atoms with Crippen molar-refractivity contribution in [3.8, 4) is 0 Å². The molecule has 0 bridgehead atoms. The molecule has 0 saturated carbocycles. The van der Waals surface area contributed by atoms with Gasteiger partial charge in [-0.25, -0.2) is 13.4 Å². The Kier molecular flexibility index (Phi) is 5.53. The van der Waals surface area contributed by atoms with Crippen LogP contribution in [0.25, 0.3) is 16.6 Å². The van der Waals surface area contributed by atoms with Crippen LogP contribution in [0.4, 0.5) is 5.82 Å². The second kappa shape index (κ2) is 8.53. The quantitative estimate of drug-likeness (QED) is 0.356. The molecule has 5 aromatic rings. The van der Waals surface area contributed by atoms with E-state index in [1.54, 1.807) is 12.1 Å². The van der Waals surface area contributed by atoms with Gasteiger partial charge in [-0.1, -0.05) is 73.7 Å². The number of fused-ring (bicyclic) bond motifs is 3. The van der Waals surface area contributed by atoms with Gasteiger partial charge < -0.3 is 5.32 Å². The molecular formula is C26H25N5O2S. The molecule has 0 aliphatic heterocycles. The van der Waals surface area contributed by atoms with Gasteiger partial charge >= 0.3 is 0 Å². The SMILES string of the molecule is CC(C)c1ccc(S(=O)(=O)c2nnn3c2nc(N[C@H](C)c2ccccc2)c2ccccc23)cc1. The summed E-state index contributed by atoms with van der Waals surface area (Å²) in [5.74, 6) is 0.883. The monoisotopic (exact) mass is 471 g/mol. The standard InChI is InChI=1S/C26H25N5O2S/c1-17(2)19-13-15-21(16-14-19)34(32,33)26-25-28-24(27-18(3)20-9-5-4-6-10-20)22-11-7-8-12-23(22)31(25)30-29-26/h4-18H,1-3H3,(H,27,28)/t18-/m1/s1. The lowest BCUT2D eigenvalue weighted by Gasteiger charge is -2.17. The number of para-hydroxylation sites is 1. The predicted octanol–water partition coefficient (Wildman–Crippen LogP) is 5.41. The number of rotatable bonds is 6. The van der Waals surface area contributed by atoms with E-state index in [1.807, 2.05) is 73.7 Å². The maximum absolute atomic E-state index is 13.5. The number of sulfone groups is 1. The maximum Gasteiger partial charge on any atom is 0.229 e. The van der Waals surface area contributed by atoms with E-state index in [9.17, 15) is 8.42 Å². The van der Waals surface area contributed by atoms with Crippen molar-refractivity contribution >= 4 is 32.2 Å². The fraction of sp³-hybridized carbons (Fsp3) is 0.192. The normalized spacial score (nSPS) is 12.9. The zero-order valence-corrected chi connectivity index (χ0v) is 20.0. The first-order chi connectivity index (χ1) is 16.4. The van der Waals surface area contributed by atoms with E-state index >= 15 is 0 Å². The van der Waals surface area contributed by atoms with Gasteiger partial charge in [0.05, 0.1) is 10.4 Å². The Bertz CT molecular complexity index is 1580. The Balaban J connectivity index is 1.65. The van der Waals surface area contributed by atoms with Crippen LogP contribution < -0.4 is 5.32 Å². The minimum atomic E-state index is -3.92. The molecule has 8 heteroatoms. The van der Waals surface area contributed by atoms with Crippen molar-refractivity contribution in [1.29, 1.82) is 0 Å². The molecule has 0 spiro atoms. The molecular weight excluding hydrogens is 446 g/mol. The molecule has 7 nitrogen and oxygen atoms in total. The number of nitrogens with one attached hydrogen (secondary N) is 1. The molecule has 2 aromatic heterocycles. The van der Waals surface area contributed by atoms with Gasteiger partial charge in [-0.3, -0.25) is 0 Å². The number of hydrogen-bond acceptors (Lipinski definition) is 6. The lowest BCUT2D eigenvalue weighted by molar-refractivity contribution is 0.592. The zero-order chi connectivity index (χ0) is 23.9. The highest BCUT2D eigenvalue weighted by atomic mass is 32.2. The van der Waals surface area contributed by atoms with E-state index in [2.05, 4.69) is 29.5 Å². The Morgan fingerprint density at radius 2 is 1.50 bits per heavy atom. The predicted molar refractivity (Wildman–Crippen MR) is 133 cm³/mol. The van der Waals surface area contributed by atoms with Crippen molar-refractivity contribution in [2.24, 2.45) is 0 Å². The Morgan fingerprint density at radius 1 is 0.824 bits per heavy atom. The molecule has 1 atom stereocenters. The summed E-state index contributed by atoms with van der Waals surface area (Å²) in [6.07, 6.45) is 0. The van der Waals surface area contributed by atoms with E-state index < -0.39 is 9.84 Å². The molecule has 0 unspecified atom stereocenters. The van der Waals surface area contributed by atoms with Crippen LogP contribution in [0, 0.1) is 0 Å². The molecule has 0 saturated heterocycles. The Hall–Kier alpha value is -3.78. The molecule has 0 fully saturated rings. The largest absolute Gasteiger partial charge is 0.363 e. The van der Waals surface area contributed by atoms with Crippen LogP contribution in [0.15, 0.2) is 88.8 Å². The fourth-order valence-corrected chi connectivity index (χ4v) is 5.24. The highest BCUT2D eigenvalue weighted by molar-refractivity contribution is 7.91. The topological polar surface area (TPSA) is 89.2 Å². The first-order valence-corrected chi connectivity index (χ1v) is 12.7. The van der Waals surface area contributed by atoms with Gasteiger partial charge in [0.15, 0.2) is 5.65 Å². The molecule has 1 N–H and O–H groups in total. The van der Waals surface area contributed by atoms with Gasteiger partial charge in [-0.2, -0.15) is 4.52 Å². The molecule has 0 amide bonds. The van der Waals surface area contributed by atoms with Crippen molar-refractivity contribution in [2.75, 3.05) is 5.32 Å². The third-order valence-corrected chi connectivity index (χ3v) is 7.65. The number of anilines is 1. The van der Waals surface area contributed by atoms with E-state index in [-0.39, 0.29) is 21.6 Å². The maximum atomic E-state index is 13.5. The number of nitrogens with zero attached hydrogens (tertiary/aromatic N) is 4. The van der Waals surface area contributed by atoms with Crippen LogP contribution >= 0.6 is 0 Å². The van der Waals surface area contributed by atoms with Crippen molar-refractivity contribution in [2.45, 2.75) is 42.7 Å². The second-order valence-electron chi connectivity index (χ2n) is 8.61. The van der Waals surface area contributed by atoms with Gasteiger partial charge in [0.25, 0.3) is 0 Å². The smallest absolute Gasteiger partial charge is 0.229 e. The number of aromatic nitrogens is 4. The first-order valence-electron chi connectivity index (χ1n) is 11.2. The lowest BCUT2D eigenvalue weighted by atomic mass is 10.0. The van der Waals surface area contributed by atoms with E-state index in [4.69, 9.17) is 4.98 Å². The van der Waals surface area contributed by atoms with Gasteiger partial charge in [0.1, 0.15) is 5.82 Å². The van der Waals surface area contributed by atoms with Gasteiger partial charge in [-0.15, -0.1) is 5.10 Å². The van der Waals surface area contributed by atoms with Crippen LogP contribution in [0.1, 0.15) is 43.9 Å². The molecule has 2 heterocycles. The average molecular weight is 472 g/mol. The summed E-state index contributed by atoms with van der Waals surface area (Å²) >= 11 is 0. The van der Waals surface area contributed by atoms with Crippen molar-refractivity contribution in [3.63, 3.8) is 0 Å². The molecule has 0 radical (unpaired) electrons. The van der Waals surface area contributed by atoms with Crippen LogP contribution in [0.2, 0.25) is 0 Å². The molecule has 0 aliphatic carbocycles. The van der Waals surface area contributed by atoms with E-state index in [1.165, 1.54) is 4.52 Å². The summed E-state index contributed by atoms with van der Waals surface area (Å²) in [7, 11) is -3.92. The number of benzene rings is 3. The lowest BCUT2D eigenvalue weighted by Crippen LogP contribution is -2.10. The van der Waals surface area contributed by atoms with Crippen LogP contribution in [-0.4, -0.2) is 28.2 Å². The van der Waals surface area contributed by atoms with Gasteiger partial charge in [-0.05, 0) is 48.2 Å². The minimum Gasteiger partial charge on any atom is -0.363 e. The van der Waals surface area contributed by atoms with E-state index in [0.717, 1.165) is 22.0 Å². The summed E-state index contributed by atoms with van der Waals surface area (Å²) in [6.45, 7) is 6.17. The number of hydrogen-bond donors (Lipinski definition) is 1. The van der Waals surface area contributed by atoms with Crippen LogP contribution in [-0.2, 0) is 9.84 Å². The fourth-order valence-electron chi connectivity index (χ4n) is 4.00. The van der Waals surface area contributed by atoms with Crippen molar-refractivity contribution < 1.29 is 8.42 Å². The summed E-state index contributed by atoms with van der Waals surface area (Å²) in [5.41, 5.74) is 3.07. The molecule has 0 aliphatic rings. The third-order valence-electron chi connectivity index (χ3n) is 5.99. The molecule has 34 heavy (non-hydrogen) atoms.